The molecule has 94 valence electrons. The van der Waals surface area contributed by atoms with E-state index in [4.69, 9.17) is 10.9 Å². The second-order valence-corrected chi connectivity index (χ2v) is 6.56. The molecule has 5 nitrogen and oxygen atoms in total. The molecule has 1 rings (SSSR count). The number of hydrogen-bond acceptors (Lipinski definition) is 4. The smallest absolute Gasteiger partial charge is 0.254 e. The van der Waals surface area contributed by atoms with Crippen LogP contribution < -0.4 is 5.73 Å². The summed E-state index contributed by atoms with van der Waals surface area (Å²) in [6, 6.07) is 1.85. The van der Waals surface area contributed by atoms with Gasteiger partial charge in [0.2, 0.25) is 0 Å². The highest BCUT2D eigenvalue weighted by atomic mass is 127. The number of oxime groups is 1. The Labute approximate surface area is 117 Å². The number of rotatable bonds is 4. The molecule has 0 saturated heterocycles. The number of carbonyl (C=O) groups excluding carboxylic acids is 1. The Balaban J connectivity index is 2.65. The lowest BCUT2D eigenvalue weighted by molar-refractivity contribution is 0.0786. The molecule has 1 aromatic heterocycles. The average molecular weight is 367 g/mol. The lowest BCUT2D eigenvalue weighted by atomic mass is 10.1. The fourth-order valence-electron chi connectivity index (χ4n) is 1.33. The summed E-state index contributed by atoms with van der Waals surface area (Å²) in [5.41, 5.74) is 6.15. The van der Waals surface area contributed by atoms with Crippen LogP contribution in [-0.2, 0) is 0 Å². The van der Waals surface area contributed by atoms with Crippen molar-refractivity contribution >= 4 is 45.7 Å². The Morgan fingerprint density at radius 1 is 1.76 bits per heavy atom. The summed E-state index contributed by atoms with van der Waals surface area (Å²) in [7, 11) is 1.70. The van der Waals surface area contributed by atoms with Gasteiger partial charge in [0.05, 0.1) is 8.45 Å². The van der Waals surface area contributed by atoms with E-state index in [2.05, 4.69) is 27.7 Å². The number of carbonyl (C=O) groups is 1. The van der Waals surface area contributed by atoms with E-state index in [9.17, 15) is 4.79 Å². The van der Waals surface area contributed by atoms with Crippen LogP contribution >= 0.6 is 33.9 Å². The van der Waals surface area contributed by atoms with E-state index >= 15 is 0 Å². The van der Waals surface area contributed by atoms with Crippen LogP contribution in [0.4, 0.5) is 0 Å². The molecule has 0 aliphatic heterocycles. The summed E-state index contributed by atoms with van der Waals surface area (Å²) in [6.07, 6.45) is 0. The molecule has 1 atom stereocenters. The second kappa shape index (κ2) is 6.20. The van der Waals surface area contributed by atoms with Gasteiger partial charge in [0.15, 0.2) is 0 Å². The summed E-state index contributed by atoms with van der Waals surface area (Å²) >= 11 is 3.71. The zero-order valence-electron chi connectivity index (χ0n) is 9.55. The summed E-state index contributed by atoms with van der Waals surface area (Å²) in [6.45, 7) is 2.22. The third-order valence-electron chi connectivity index (χ3n) is 2.33. The molecule has 0 aliphatic carbocycles. The number of amidine groups is 1. The number of thiophene rings is 1. The number of halogens is 1. The van der Waals surface area contributed by atoms with Crippen LogP contribution in [0.1, 0.15) is 17.3 Å². The summed E-state index contributed by atoms with van der Waals surface area (Å²) in [5.74, 6) is -0.0991. The van der Waals surface area contributed by atoms with Crippen molar-refractivity contribution in [2.45, 2.75) is 6.92 Å². The molecule has 17 heavy (non-hydrogen) atoms. The standard InChI is InChI=1S/C10H14IN3O2S/c1-6(9(12)13-16)4-14(2)10(15)7-3-8(11)17-5-7/h3,5-6,16H,4H2,1-2H3,(H2,12,13). The first-order valence-corrected chi connectivity index (χ1v) is 6.88. The Morgan fingerprint density at radius 3 is 2.88 bits per heavy atom. The molecule has 0 radical (unpaired) electrons. The molecule has 0 aromatic carbocycles. The SMILES string of the molecule is CC(CN(C)C(=O)c1csc(I)c1)C(N)=NO. The second-order valence-electron chi connectivity index (χ2n) is 3.75. The lowest BCUT2D eigenvalue weighted by Crippen LogP contribution is -2.36. The van der Waals surface area contributed by atoms with Crippen LogP contribution in [0.2, 0.25) is 0 Å². The molecule has 0 saturated carbocycles. The predicted octanol–water partition coefficient (Wildman–Crippen LogP) is 1.81. The van der Waals surface area contributed by atoms with Gasteiger partial charge in [0.25, 0.3) is 5.91 Å². The molecule has 0 spiro atoms. The van der Waals surface area contributed by atoms with E-state index in [1.165, 1.54) is 11.3 Å². The van der Waals surface area contributed by atoms with Crippen molar-refractivity contribution in [2.24, 2.45) is 16.8 Å². The minimum absolute atomic E-state index is 0.0539. The first-order chi connectivity index (χ1) is 7.95. The van der Waals surface area contributed by atoms with E-state index in [0.29, 0.717) is 12.1 Å². The van der Waals surface area contributed by atoms with Crippen LogP contribution in [0.3, 0.4) is 0 Å². The summed E-state index contributed by atoms with van der Waals surface area (Å²) in [4.78, 5) is 13.6. The van der Waals surface area contributed by atoms with Gasteiger partial charge in [-0.3, -0.25) is 4.79 Å². The van der Waals surface area contributed by atoms with Crippen LogP contribution in [0, 0.1) is 8.80 Å². The lowest BCUT2D eigenvalue weighted by Gasteiger charge is -2.20. The van der Waals surface area contributed by atoms with Crippen molar-refractivity contribution in [3.63, 3.8) is 0 Å². The van der Waals surface area contributed by atoms with Gasteiger partial charge in [0.1, 0.15) is 5.84 Å². The molecule has 0 bridgehead atoms. The molecule has 1 heterocycles. The van der Waals surface area contributed by atoms with E-state index in [1.54, 1.807) is 18.9 Å². The first kappa shape index (κ1) is 14.2. The van der Waals surface area contributed by atoms with Gasteiger partial charge in [-0.2, -0.15) is 0 Å². The van der Waals surface area contributed by atoms with Gasteiger partial charge in [0, 0.05) is 24.9 Å². The van der Waals surface area contributed by atoms with Crippen molar-refractivity contribution < 1.29 is 10.0 Å². The van der Waals surface area contributed by atoms with Gasteiger partial charge in [-0.1, -0.05) is 12.1 Å². The number of nitrogens with zero attached hydrogens (tertiary/aromatic N) is 2. The fourth-order valence-corrected chi connectivity index (χ4v) is 2.65. The number of hydrogen-bond donors (Lipinski definition) is 2. The Hall–Kier alpha value is -0.830. The zero-order valence-corrected chi connectivity index (χ0v) is 12.5. The topological polar surface area (TPSA) is 78.9 Å². The van der Waals surface area contributed by atoms with Crippen LogP contribution in [0.25, 0.3) is 0 Å². The molecule has 1 aromatic rings. The van der Waals surface area contributed by atoms with Gasteiger partial charge >= 0.3 is 0 Å². The van der Waals surface area contributed by atoms with E-state index < -0.39 is 0 Å². The Bertz CT molecular complexity index is 433. The highest BCUT2D eigenvalue weighted by Crippen LogP contribution is 2.18. The fraction of sp³-hybridized carbons (Fsp3) is 0.400. The van der Waals surface area contributed by atoms with Crippen molar-refractivity contribution in [1.82, 2.24) is 4.90 Å². The van der Waals surface area contributed by atoms with Crippen LogP contribution in [0.5, 0.6) is 0 Å². The minimum Gasteiger partial charge on any atom is -0.409 e. The molecular weight excluding hydrogens is 353 g/mol. The normalized spacial score (nSPS) is 13.5. The maximum absolute atomic E-state index is 12.0. The quantitative estimate of drug-likeness (QED) is 0.280. The van der Waals surface area contributed by atoms with E-state index in [0.717, 1.165) is 2.88 Å². The number of amides is 1. The van der Waals surface area contributed by atoms with E-state index in [1.807, 2.05) is 11.4 Å². The zero-order chi connectivity index (χ0) is 13.0. The Kier molecular flexibility index (Phi) is 5.19. The minimum atomic E-state index is -0.174. The van der Waals surface area contributed by atoms with E-state index in [-0.39, 0.29) is 17.7 Å². The third kappa shape index (κ3) is 3.84. The molecular formula is C10H14IN3O2S. The summed E-state index contributed by atoms with van der Waals surface area (Å²) in [5, 5.41) is 13.3. The van der Waals surface area contributed by atoms with Gasteiger partial charge in [-0.15, -0.1) is 11.3 Å². The first-order valence-electron chi connectivity index (χ1n) is 4.92. The van der Waals surface area contributed by atoms with Gasteiger partial charge < -0.3 is 15.8 Å². The largest absolute Gasteiger partial charge is 0.409 e. The maximum atomic E-state index is 12.0. The molecule has 3 N–H and O–H groups in total. The van der Waals surface area contributed by atoms with Crippen LogP contribution in [0.15, 0.2) is 16.6 Å². The monoisotopic (exact) mass is 367 g/mol. The van der Waals surface area contributed by atoms with Crippen molar-refractivity contribution in [2.75, 3.05) is 13.6 Å². The highest BCUT2D eigenvalue weighted by Gasteiger charge is 2.17. The van der Waals surface area contributed by atoms with Crippen molar-refractivity contribution in [3.8, 4) is 0 Å². The predicted molar refractivity (Wildman–Crippen MR) is 76.6 cm³/mol. The van der Waals surface area contributed by atoms with Crippen molar-refractivity contribution in [1.29, 1.82) is 0 Å². The molecule has 1 unspecified atom stereocenters. The summed E-state index contributed by atoms with van der Waals surface area (Å²) < 4.78 is 1.07. The molecule has 0 fully saturated rings. The average Bonchev–Trinajstić information content (AvgIpc) is 2.73. The third-order valence-corrected chi connectivity index (χ3v) is 4.12. The van der Waals surface area contributed by atoms with Crippen LogP contribution in [-0.4, -0.2) is 35.4 Å². The highest BCUT2D eigenvalue weighted by molar-refractivity contribution is 14.1. The van der Waals surface area contributed by atoms with Gasteiger partial charge in [-0.05, 0) is 28.7 Å². The molecule has 0 aliphatic rings. The van der Waals surface area contributed by atoms with Crippen molar-refractivity contribution in [3.05, 3.63) is 19.9 Å². The molecule has 7 heteroatoms. The Morgan fingerprint density at radius 2 is 2.41 bits per heavy atom. The maximum Gasteiger partial charge on any atom is 0.254 e. The number of nitrogens with two attached hydrogens (primary N) is 1. The molecule has 1 amide bonds. The van der Waals surface area contributed by atoms with Gasteiger partial charge in [-0.25, -0.2) is 0 Å².